The maximum Gasteiger partial charge on any atom is 0.330 e. The predicted octanol–water partition coefficient (Wildman–Crippen LogP) is 8.37. The summed E-state index contributed by atoms with van der Waals surface area (Å²) in [5.41, 5.74) is 0. The molecule has 216 valence electrons. The Morgan fingerprint density at radius 2 is 1.05 bits per heavy atom. The zero-order valence-corrected chi connectivity index (χ0v) is 24.5. The molecule has 0 radical (unpaired) electrons. The Labute approximate surface area is 233 Å². The Morgan fingerprint density at radius 3 is 1.61 bits per heavy atom. The third kappa shape index (κ3) is 7.65. The Kier molecular flexibility index (Phi) is 10.7. The number of hydrogen-bond donors (Lipinski definition) is 0. The molecule has 4 nitrogen and oxygen atoms in total. The highest BCUT2D eigenvalue weighted by Gasteiger charge is 2.39. The van der Waals surface area contributed by atoms with Gasteiger partial charge >= 0.3 is 5.97 Å². The molecule has 5 fully saturated rings. The fourth-order valence-corrected chi connectivity index (χ4v) is 9.16. The minimum atomic E-state index is -0.285. The van der Waals surface area contributed by atoms with E-state index in [9.17, 15) is 4.79 Å². The van der Waals surface area contributed by atoms with Gasteiger partial charge in [-0.2, -0.15) is 0 Å². The largest absolute Gasteiger partial charge is 0.459 e. The van der Waals surface area contributed by atoms with Crippen molar-refractivity contribution in [2.75, 3.05) is 0 Å². The second-order valence-electron chi connectivity index (χ2n) is 13.9. The molecule has 5 rings (SSSR count). The Morgan fingerprint density at radius 1 is 0.605 bits per heavy atom. The Hall–Kier alpha value is -0.870. The van der Waals surface area contributed by atoms with E-state index >= 15 is 0 Å². The van der Waals surface area contributed by atoms with Gasteiger partial charge in [0.25, 0.3) is 0 Å². The highest BCUT2D eigenvalue weighted by atomic mass is 16.5. The first-order valence-corrected chi connectivity index (χ1v) is 16.8. The second-order valence-corrected chi connectivity index (χ2v) is 13.9. The standard InChI is InChI=1S/C34H57NO3/c1-3-34(36)38-33-23-21-32(22-24-33)37-31-19-17-30(18-20-31)35(28-13-9-25(2)10-14-28)29-15-11-27(12-16-29)26-7-5-4-6-8-26/h3,25-33H,1,4-24H2,2H3. The first-order chi connectivity index (χ1) is 18.6. The summed E-state index contributed by atoms with van der Waals surface area (Å²) >= 11 is 0. The molecular formula is C34H57NO3. The van der Waals surface area contributed by atoms with Crippen LogP contribution in [0.25, 0.3) is 0 Å². The van der Waals surface area contributed by atoms with E-state index in [0.717, 1.165) is 61.6 Å². The quantitative estimate of drug-likeness (QED) is 0.235. The highest BCUT2D eigenvalue weighted by Crippen LogP contribution is 2.43. The average molecular weight is 528 g/mol. The van der Waals surface area contributed by atoms with Crippen molar-refractivity contribution in [1.82, 2.24) is 4.90 Å². The maximum absolute atomic E-state index is 11.5. The summed E-state index contributed by atoms with van der Waals surface area (Å²) in [6.45, 7) is 5.99. The summed E-state index contributed by atoms with van der Waals surface area (Å²) in [5.74, 6) is 2.71. The summed E-state index contributed by atoms with van der Waals surface area (Å²) < 4.78 is 12.1. The fraction of sp³-hybridized carbons (Fsp3) is 0.912. The van der Waals surface area contributed by atoms with Crippen LogP contribution in [0.3, 0.4) is 0 Å². The summed E-state index contributed by atoms with van der Waals surface area (Å²) in [4.78, 5) is 14.6. The topological polar surface area (TPSA) is 38.8 Å². The molecule has 5 aliphatic carbocycles. The van der Waals surface area contributed by atoms with Crippen LogP contribution in [0.4, 0.5) is 0 Å². The Balaban J connectivity index is 1.11. The van der Waals surface area contributed by atoms with E-state index in [1.807, 2.05) is 0 Å². The zero-order valence-electron chi connectivity index (χ0n) is 24.5. The van der Waals surface area contributed by atoms with Crippen molar-refractivity contribution in [2.24, 2.45) is 17.8 Å². The lowest BCUT2D eigenvalue weighted by Crippen LogP contribution is -2.53. The van der Waals surface area contributed by atoms with Crippen molar-refractivity contribution in [3.05, 3.63) is 12.7 Å². The third-order valence-corrected chi connectivity index (χ3v) is 11.4. The molecule has 0 amide bonds. The normalized spacial score (nSPS) is 39.5. The van der Waals surface area contributed by atoms with Crippen LogP contribution in [0.2, 0.25) is 0 Å². The van der Waals surface area contributed by atoms with Crippen LogP contribution in [0.1, 0.15) is 142 Å². The van der Waals surface area contributed by atoms with E-state index in [0.29, 0.717) is 12.2 Å². The van der Waals surface area contributed by atoms with Crippen LogP contribution in [-0.4, -0.2) is 47.3 Å². The molecule has 0 aromatic rings. The van der Waals surface area contributed by atoms with Gasteiger partial charge in [0.15, 0.2) is 0 Å². The molecule has 5 aliphatic rings. The SMILES string of the molecule is C=CC(=O)OC1CCC(OC2CCC(N(C3CCC(C)CC3)C3CCC(C4CCCCC4)CC3)CC2)CC1. The third-order valence-electron chi connectivity index (χ3n) is 11.4. The molecule has 0 spiro atoms. The van der Waals surface area contributed by atoms with Crippen LogP contribution < -0.4 is 0 Å². The van der Waals surface area contributed by atoms with E-state index in [-0.39, 0.29) is 12.1 Å². The van der Waals surface area contributed by atoms with Crippen molar-refractivity contribution in [2.45, 2.75) is 178 Å². The summed E-state index contributed by atoms with van der Waals surface area (Å²) in [6.07, 6.45) is 30.3. The van der Waals surface area contributed by atoms with Gasteiger partial charge in [0.05, 0.1) is 12.2 Å². The average Bonchev–Trinajstić information content (AvgIpc) is 2.97. The van der Waals surface area contributed by atoms with Gasteiger partial charge in [-0.25, -0.2) is 4.79 Å². The number of hydrogen-bond acceptors (Lipinski definition) is 4. The van der Waals surface area contributed by atoms with Gasteiger partial charge in [0.2, 0.25) is 0 Å². The number of esters is 1. The lowest BCUT2D eigenvalue weighted by molar-refractivity contribution is -0.147. The molecule has 0 atom stereocenters. The molecule has 0 aromatic heterocycles. The lowest BCUT2D eigenvalue weighted by atomic mass is 9.71. The molecule has 0 aliphatic heterocycles. The monoisotopic (exact) mass is 527 g/mol. The van der Waals surface area contributed by atoms with Crippen molar-refractivity contribution < 1.29 is 14.3 Å². The van der Waals surface area contributed by atoms with Crippen molar-refractivity contribution >= 4 is 5.97 Å². The summed E-state index contributed by atoms with van der Waals surface area (Å²) in [7, 11) is 0. The number of carbonyl (C=O) groups is 1. The predicted molar refractivity (Wildman–Crippen MR) is 155 cm³/mol. The smallest absolute Gasteiger partial charge is 0.330 e. The van der Waals surface area contributed by atoms with E-state index in [4.69, 9.17) is 9.47 Å². The molecule has 0 aromatic carbocycles. The molecule has 0 unspecified atom stereocenters. The van der Waals surface area contributed by atoms with Crippen molar-refractivity contribution in [3.8, 4) is 0 Å². The molecule has 38 heavy (non-hydrogen) atoms. The van der Waals surface area contributed by atoms with Crippen molar-refractivity contribution in [3.63, 3.8) is 0 Å². The van der Waals surface area contributed by atoms with E-state index in [1.54, 1.807) is 0 Å². The first-order valence-electron chi connectivity index (χ1n) is 16.8. The molecule has 4 heteroatoms. The summed E-state index contributed by atoms with van der Waals surface area (Å²) in [6, 6.07) is 2.45. The van der Waals surface area contributed by atoms with E-state index < -0.39 is 0 Å². The zero-order chi connectivity index (χ0) is 26.3. The van der Waals surface area contributed by atoms with Gasteiger partial charge < -0.3 is 9.47 Å². The molecule has 0 bridgehead atoms. The number of rotatable bonds is 8. The molecular weight excluding hydrogens is 470 g/mol. The second kappa shape index (κ2) is 14.2. The van der Waals surface area contributed by atoms with Gasteiger partial charge in [-0.05, 0) is 120 Å². The number of nitrogens with zero attached hydrogens (tertiary/aromatic N) is 1. The first kappa shape index (κ1) is 28.7. The van der Waals surface area contributed by atoms with Crippen LogP contribution >= 0.6 is 0 Å². The van der Waals surface area contributed by atoms with E-state index in [1.165, 1.54) is 115 Å². The van der Waals surface area contributed by atoms with Gasteiger partial charge in [0, 0.05) is 24.2 Å². The van der Waals surface area contributed by atoms with E-state index in [2.05, 4.69) is 18.4 Å². The van der Waals surface area contributed by atoms with Crippen LogP contribution in [-0.2, 0) is 14.3 Å². The summed E-state index contributed by atoms with van der Waals surface area (Å²) in [5, 5.41) is 0. The van der Waals surface area contributed by atoms with Crippen LogP contribution in [0.15, 0.2) is 12.7 Å². The van der Waals surface area contributed by atoms with Crippen LogP contribution in [0, 0.1) is 17.8 Å². The number of carbonyl (C=O) groups excluding carboxylic acids is 1. The van der Waals surface area contributed by atoms with Gasteiger partial charge in [0.1, 0.15) is 6.10 Å². The Bertz CT molecular complexity index is 716. The highest BCUT2D eigenvalue weighted by molar-refractivity contribution is 5.81. The van der Waals surface area contributed by atoms with Crippen molar-refractivity contribution in [1.29, 1.82) is 0 Å². The van der Waals surface area contributed by atoms with Gasteiger partial charge in [-0.1, -0.05) is 45.6 Å². The lowest BCUT2D eigenvalue weighted by Gasteiger charge is -2.50. The molecule has 0 saturated heterocycles. The molecule has 0 N–H and O–H groups in total. The van der Waals surface area contributed by atoms with Gasteiger partial charge in [-0.15, -0.1) is 0 Å². The fourth-order valence-electron chi connectivity index (χ4n) is 9.16. The minimum Gasteiger partial charge on any atom is -0.459 e. The van der Waals surface area contributed by atoms with Gasteiger partial charge in [-0.3, -0.25) is 4.90 Å². The van der Waals surface area contributed by atoms with Crippen LogP contribution in [0.5, 0.6) is 0 Å². The minimum absolute atomic E-state index is 0.0519. The maximum atomic E-state index is 11.5. The molecule has 0 heterocycles. The molecule has 5 saturated carbocycles. The number of ether oxygens (including phenoxy) is 2.